The average Bonchev–Trinajstić information content (AvgIpc) is 3.33. The molecule has 1 amide bonds. The van der Waals surface area contributed by atoms with Gasteiger partial charge in [0.05, 0.1) is 11.8 Å². The molecule has 1 fully saturated rings. The minimum atomic E-state index is -0.203. The van der Waals surface area contributed by atoms with Gasteiger partial charge in [0.2, 0.25) is 0 Å². The van der Waals surface area contributed by atoms with Gasteiger partial charge >= 0.3 is 0 Å². The molecule has 29 heavy (non-hydrogen) atoms. The van der Waals surface area contributed by atoms with Gasteiger partial charge < -0.3 is 11.1 Å². The minimum Gasteiger partial charge on any atom is -0.383 e. The van der Waals surface area contributed by atoms with E-state index in [9.17, 15) is 4.79 Å². The third-order valence-electron chi connectivity index (χ3n) is 5.16. The van der Waals surface area contributed by atoms with Crippen LogP contribution in [0.5, 0.6) is 0 Å². The number of carbonyl (C=O) groups excluding carboxylic acids is 1. The van der Waals surface area contributed by atoms with E-state index in [0.29, 0.717) is 5.56 Å². The summed E-state index contributed by atoms with van der Waals surface area (Å²) in [6, 6.07) is 9.68. The standard InChI is InChI=1S/C21H23ClN6O/c1-27-11-16(10-25-27)15-8-18(20(23)24-9-15)21(29)26-17-6-7-28(13-17)12-14-4-2-3-5-19(14)22/h2-5,8-11,17H,6-7,12-13H2,1H3,(H2,23,24)(H,26,29)/t17-/m1/s1. The summed E-state index contributed by atoms with van der Waals surface area (Å²) in [6.45, 7) is 2.44. The Labute approximate surface area is 174 Å². The summed E-state index contributed by atoms with van der Waals surface area (Å²) < 4.78 is 1.71. The molecule has 0 aliphatic carbocycles. The maximum absolute atomic E-state index is 12.8. The lowest BCUT2D eigenvalue weighted by molar-refractivity contribution is 0.0938. The zero-order valence-corrected chi connectivity index (χ0v) is 16.9. The number of anilines is 1. The highest BCUT2D eigenvalue weighted by atomic mass is 35.5. The average molecular weight is 411 g/mol. The third kappa shape index (κ3) is 4.41. The van der Waals surface area contributed by atoms with Crippen LogP contribution in [0.2, 0.25) is 5.02 Å². The molecule has 4 rings (SSSR count). The number of pyridine rings is 1. The fourth-order valence-electron chi connectivity index (χ4n) is 3.61. The van der Waals surface area contributed by atoms with Crippen molar-refractivity contribution in [1.82, 2.24) is 25.0 Å². The molecular weight excluding hydrogens is 388 g/mol. The lowest BCUT2D eigenvalue weighted by Gasteiger charge is -2.18. The van der Waals surface area contributed by atoms with E-state index in [1.807, 2.05) is 37.5 Å². The van der Waals surface area contributed by atoms with Gasteiger partial charge in [-0.25, -0.2) is 4.98 Å². The number of hydrogen-bond acceptors (Lipinski definition) is 5. The number of amides is 1. The number of hydrogen-bond donors (Lipinski definition) is 2. The summed E-state index contributed by atoms with van der Waals surface area (Å²) in [4.78, 5) is 19.3. The summed E-state index contributed by atoms with van der Waals surface area (Å²) in [5, 5.41) is 8.03. The van der Waals surface area contributed by atoms with E-state index in [1.165, 1.54) is 0 Å². The number of nitrogen functional groups attached to an aromatic ring is 1. The van der Waals surface area contributed by atoms with Crippen molar-refractivity contribution in [1.29, 1.82) is 0 Å². The van der Waals surface area contributed by atoms with Gasteiger partial charge in [-0.3, -0.25) is 14.4 Å². The second kappa shape index (κ2) is 8.23. The Hall–Kier alpha value is -2.90. The van der Waals surface area contributed by atoms with Gasteiger partial charge in [-0.05, 0) is 24.1 Å². The van der Waals surface area contributed by atoms with E-state index in [2.05, 4.69) is 20.3 Å². The Kier molecular flexibility index (Phi) is 5.51. The Bertz CT molecular complexity index is 1030. The van der Waals surface area contributed by atoms with Crippen LogP contribution in [0.4, 0.5) is 5.82 Å². The molecule has 8 heteroatoms. The normalized spacial score (nSPS) is 16.8. The van der Waals surface area contributed by atoms with E-state index in [1.54, 1.807) is 23.1 Å². The van der Waals surface area contributed by atoms with Crippen molar-refractivity contribution in [2.24, 2.45) is 7.05 Å². The lowest BCUT2D eigenvalue weighted by Crippen LogP contribution is -2.37. The molecule has 1 atom stereocenters. The first-order valence-electron chi connectivity index (χ1n) is 9.51. The van der Waals surface area contributed by atoms with Crippen LogP contribution in [0, 0.1) is 0 Å². The number of aryl methyl sites for hydroxylation is 1. The molecule has 0 saturated carbocycles. The van der Waals surface area contributed by atoms with Gasteiger partial charge in [0.15, 0.2) is 0 Å². The number of halogens is 1. The molecule has 1 aliphatic rings. The van der Waals surface area contributed by atoms with Gasteiger partial charge in [0.1, 0.15) is 5.82 Å². The fraction of sp³-hybridized carbons (Fsp3) is 0.286. The molecular formula is C21H23ClN6O. The monoisotopic (exact) mass is 410 g/mol. The quantitative estimate of drug-likeness (QED) is 0.675. The fourth-order valence-corrected chi connectivity index (χ4v) is 3.81. The van der Waals surface area contributed by atoms with E-state index in [4.69, 9.17) is 17.3 Å². The van der Waals surface area contributed by atoms with Gasteiger partial charge in [-0.1, -0.05) is 29.8 Å². The molecule has 3 heterocycles. The number of nitrogens with two attached hydrogens (primary N) is 1. The summed E-state index contributed by atoms with van der Waals surface area (Å²) in [5.41, 5.74) is 9.16. The van der Waals surface area contributed by atoms with Crippen LogP contribution in [0.25, 0.3) is 11.1 Å². The highest BCUT2D eigenvalue weighted by Crippen LogP contribution is 2.23. The third-order valence-corrected chi connectivity index (χ3v) is 5.53. The molecule has 0 unspecified atom stereocenters. The van der Waals surface area contributed by atoms with Crippen molar-refractivity contribution in [3.8, 4) is 11.1 Å². The highest BCUT2D eigenvalue weighted by molar-refractivity contribution is 6.31. The second-order valence-corrected chi connectivity index (χ2v) is 7.75. The Morgan fingerprint density at radius 1 is 1.31 bits per heavy atom. The van der Waals surface area contributed by atoms with Gasteiger partial charge in [0.25, 0.3) is 5.91 Å². The number of nitrogens with one attached hydrogen (secondary N) is 1. The Morgan fingerprint density at radius 3 is 2.90 bits per heavy atom. The zero-order chi connectivity index (χ0) is 20.4. The Morgan fingerprint density at radius 2 is 2.14 bits per heavy atom. The lowest BCUT2D eigenvalue weighted by atomic mass is 10.1. The van der Waals surface area contributed by atoms with Crippen molar-refractivity contribution < 1.29 is 4.79 Å². The topological polar surface area (TPSA) is 89.1 Å². The molecule has 0 bridgehead atoms. The molecule has 150 valence electrons. The van der Waals surface area contributed by atoms with Crippen molar-refractivity contribution >= 4 is 23.3 Å². The van der Waals surface area contributed by atoms with Crippen LogP contribution in [0.1, 0.15) is 22.3 Å². The maximum atomic E-state index is 12.8. The first kappa shape index (κ1) is 19.4. The number of carbonyl (C=O) groups is 1. The van der Waals surface area contributed by atoms with Crippen LogP contribution in [0.3, 0.4) is 0 Å². The van der Waals surface area contributed by atoms with Crippen molar-refractivity contribution in [2.75, 3.05) is 18.8 Å². The molecule has 0 radical (unpaired) electrons. The van der Waals surface area contributed by atoms with Crippen LogP contribution in [0.15, 0.2) is 48.9 Å². The summed E-state index contributed by atoms with van der Waals surface area (Å²) in [7, 11) is 1.84. The summed E-state index contributed by atoms with van der Waals surface area (Å²) >= 11 is 6.26. The number of aromatic nitrogens is 3. The van der Waals surface area contributed by atoms with Crippen LogP contribution >= 0.6 is 11.6 Å². The van der Waals surface area contributed by atoms with Gasteiger partial charge in [-0.15, -0.1) is 0 Å². The van der Waals surface area contributed by atoms with E-state index in [0.717, 1.165) is 47.8 Å². The van der Waals surface area contributed by atoms with Crippen molar-refractivity contribution in [2.45, 2.75) is 19.0 Å². The molecule has 7 nitrogen and oxygen atoms in total. The van der Waals surface area contributed by atoms with E-state index >= 15 is 0 Å². The van der Waals surface area contributed by atoms with E-state index < -0.39 is 0 Å². The minimum absolute atomic E-state index is 0.0615. The van der Waals surface area contributed by atoms with Crippen LogP contribution in [-0.4, -0.2) is 44.7 Å². The second-order valence-electron chi connectivity index (χ2n) is 7.35. The summed E-state index contributed by atoms with van der Waals surface area (Å²) in [5.74, 6) is 0.0198. The summed E-state index contributed by atoms with van der Waals surface area (Å²) in [6.07, 6.45) is 6.15. The zero-order valence-electron chi connectivity index (χ0n) is 16.2. The van der Waals surface area contributed by atoms with Crippen molar-refractivity contribution in [3.63, 3.8) is 0 Å². The van der Waals surface area contributed by atoms with Crippen LogP contribution in [-0.2, 0) is 13.6 Å². The molecule has 0 spiro atoms. The number of rotatable bonds is 5. The predicted octanol–water partition coefficient (Wildman–Crippen LogP) is 2.72. The smallest absolute Gasteiger partial charge is 0.255 e. The maximum Gasteiger partial charge on any atom is 0.255 e. The largest absolute Gasteiger partial charge is 0.383 e. The number of likely N-dealkylation sites (tertiary alicyclic amines) is 1. The first-order chi connectivity index (χ1) is 14.0. The van der Waals surface area contributed by atoms with Gasteiger partial charge in [-0.2, -0.15) is 5.10 Å². The molecule has 1 aliphatic heterocycles. The molecule has 2 aromatic heterocycles. The predicted molar refractivity (Wildman–Crippen MR) is 113 cm³/mol. The first-order valence-corrected chi connectivity index (χ1v) is 9.88. The molecule has 3 N–H and O–H groups in total. The Balaban J connectivity index is 1.41. The van der Waals surface area contributed by atoms with Gasteiger partial charge in [0, 0.05) is 61.3 Å². The number of benzene rings is 1. The molecule has 3 aromatic rings. The molecule has 1 saturated heterocycles. The molecule has 1 aromatic carbocycles. The van der Waals surface area contributed by atoms with Crippen LogP contribution < -0.4 is 11.1 Å². The number of nitrogens with zero attached hydrogens (tertiary/aromatic N) is 4. The highest BCUT2D eigenvalue weighted by Gasteiger charge is 2.25. The van der Waals surface area contributed by atoms with Crippen molar-refractivity contribution in [3.05, 3.63) is 65.1 Å². The SMILES string of the molecule is Cn1cc(-c2cnc(N)c(C(=O)N[C@@H]3CCN(Cc4ccccc4Cl)C3)c2)cn1. The van der Waals surface area contributed by atoms with E-state index in [-0.39, 0.29) is 17.8 Å².